The molecular formula is C10H18F2. The van der Waals surface area contributed by atoms with E-state index in [9.17, 15) is 8.78 Å². The number of unbranched alkanes of at least 4 members (excludes halogenated alkanes) is 1. The van der Waals surface area contributed by atoms with Gasteiger partial charge in [0.25, 0.3) is 0 Å². The second-order valence-corrected chi connectivity index (χ2v) is 2.11. The third-order valence-electron chi connectivity index (χ3n) is 1.09. The van der Waals surface area contributed by atoms with Crippen LogP contribution in [0.3, 0.4) is 0 Å². The molecular weight excluding hydrogens is 158 g/mol. The highest BCUT2D eigenvalue weighted by molar-refractivity contribution is 5.08. The fourth-order valence-electron chi connectivity index (χ4n) is 0.405. The van der Waals surface area contributed by atoms with Gasteiger partial charge in [-0.05, 0) is 12.3 Å². The monoisotopic (exact) mass is 176 g/mol. The normalized spacial score (nSPS) is 9.17. The van der Waals surface area contributed by atoms with Crippen LogP contribution in [0.1, 0.15) is 47.0 Å². The van der Waals surface area contributed by atoms with Gasteiger partial charge in [-0.25, -0.2) is 0 Å². The highest BCUT2D eigenvalue weighted by atomic mass is 19.3. The molecule has 0 nitrogen and oxygen atoms in total. The van der Waals surface area contributed by atoms with E-state index in [1.807, 2.05) is 26.7 Å². The van der Waals surface area contributed by atoms with Crippen LogP contribution >= 0.6 is 0 Å². The molecule has 0 rings (SSSR count). The summed E-state index contributed by atoms with van der Waals surface area (Å²) in [6.45, 7) is 7.35. The summed E-state index contributed by atoms with van der Waals surface area (Å²) in [4.78, 5) is 0. The maximum absolute atomic E-state index is 12.3. The fraction of sp³-hybridized carbons (Fsp3) is 0.800. The quantitative estimate of drug-likeness (QED) is 0.560. The molecule has 0 heterocycles. The topological polar surface area (TPSA) is 0 Å². The predicted octanol–water partition coefficient (Wildman–Crippen LogP) is 3.86. The molecule has 0 aromatic rings. The molecule has 0 amide bonds. The Morgan fingerprint density at radius 3 is 2.00 bits per heavy atom. The van der Waals surface area contributed by atoms with Crippen molar-refractivity contribution in [1.82, 2.24) is 0 Å². The lowest BCUT2D eigenvalue weighted by Crippen LogP contribution is -2.09. The van der Waals surface area contributed by atoms with Gasteiger partial charge in [0, 0.05) is 12.8 Å². The molecule has 0 aromatic carbocycles. The molecule has 0 bridgehead atoms. The molecule has 0 aliphatic heterocycles. The second-order valence-electron chi connectivity index (χ2n) is 2.11. The fourth-order valence-corrected chi connectivity index (χ4v) is 0.405. The SMILES string of the molecule is CC.CCCC#CC(F)(F)CC. The van der Waals surface area contributed by atoms with Crippen molar-refractivity contribution in [3.63, 3.8) is 0 Å². The zero-order chi connectivity index (χ0) is 10.0. The average molecular weight is 176 g/mol. The van der Waals surface area contributed by atoms with E-state index in [4.69, 9.17) is 0 Å². The van der Waals surface area contributed by atoms with Crippen molar-refractivity contribution >= 4 is 0 Å². The van der Waals surface area contributed by atoms with Crippen LogP contribution in [0, 0.1) is 11.8 Å². The Kier molecular flexibility index (Phi) is 9.92. The molecule has 0 saturated carbocycles. The van der Waals surface area contributed by atoms with Crippen molar-refractivity contribution in [2.45, 2.75) is 52.9 Å². The first-order valence-electron chi connectivity index (χ1n) is 4.50. The van der Waals surface area contributed by atoms with Crippen molar-refractivity contribution in [3.05, 3.63) is 0 Å². The number of hydrogen-bond donors (Lipinski definition) is 0. The summed E-state index contributed by atoms with van der Waals surface area (Å²) in [6, 6.07) is 0. The third-order valence-corrected chi connectivity index (χ3v) is 1.09. The minimum atomic E-state index is -2.77. The zero-order valence-electron chi connectivity index (χ0n) is 8.38. The van der Waals surface area contributed by atoms with Gasteiger partial charge in [-0.15, -0.1) is 0 Å². The van der Waals surface area contributed by atoms with E-state index in [1.165, 1.54) is 6.92 Å². The molecule has 0 unspecified atom stereocenters. The van der Waals surface area contributed by atoms with E-state index in [1.54, 1.807) is 0 Å². The number of hydrogen-bond acceptors (Lipinski definition) is 0. The summed E-state index contributed by atoms with van der Waals surface area (Å²) in [7, 11) is 0. The lowest BCUT2D eigenvalue weighted by atomic mass is 10.2. The molecule has 12 heavy (non-hydrogen) atoms. The maximum Gasteiger partial charge on any atom is 0.307 e. The predicted molar refractivity (Wildman–Crippen MR) is 49.3 cm³/mol. The largest absolute Gasteiger partial charge is 0.307 e. The summed E-state index contributed by atoms with van der Waals surface area (Å²) in [5.41, 5.74) is 0. The molecule has 0 N–H and O–H groups in total. The standard InChI is InChI=1S/C8H12F2.C2H6/c1-3-5-6-7-8(9,10)4-2;1-2/h3-5H2,1-2H3;1-2H3. The third kappa shape index (κ3) is 9.42. The summed E-state index contributed by atoms with van der Waals surface area (Å²) in [5.74, 6) is 1.58. The number of alkyl halides is 2. The Labute approximate surface area is 74.4 Å². The van der Waals surface area contributed by atoms with Crippen LogP contribution in [-0.2, 0) is 0 Å². The molecule has 2 heteroatoms. The van der Waals surface area contributed by atoms with Crippen LogP contribution in [0.25, 0.3) is 0 Å². The van der Waals surface area contributed by atoms with Gasteiger partial charge in [0.1, 0.15) is 0 Å². The van der Waals surface area contributed by atoms with E-state index >= 15 is 0 Å². The van der Waals surface area contributed by atoms with Gasteiger partial charge >= 0.3 is 5.92 Å². The van der Waals surface area contributed by atoms with E-state index in [2.05, 4.69) is 5.92 Å². The van der Waals surface area contributed by atoms with Crippen LogP contribution in [0.4, 0.5) is 8.78 Å². The van der Waals surface area contributed by atoms with Gasteiger partial charge in [-0.2, -0.15) is 8.78 Å². The minimum absolute atomic E-state index is 0.191. The van der Waals surface area contributed by atoms with Gasteiger partial charge < -0.3 is 0 Å². The molecule has 0 aliphatic carbocycles. The van der Waals surface area contributed by atoms with Gasteiger partial charge in [0.05, 0.1) is 0 Å². The minimum Gasteiger partial charge on any atom is -0.192 e. The van der Waals surface area contributed by atoms with Gasteiger partial charge in [-0.3, -0.25) is 0 Å². The number of rotatable bonds is 2. The van der Waals surface area contributed by atoms with Gasteiger partial charge in [0.15, 0.2) is 0 Å². The van der Waals surface area contributed by atoms with Crippen LogP contribution in [0.2, 0.25) is 0 Å². The van der Waals surface area contributed by atoms with Gasteiger partial charge in [0.2, 0.25) is 0 Å². The van der Waals surface area contributed by atoms with Crippen molar-refractivity contribution in [3.8, 4) is 11.8 Å². The summed E-state index contributed by atoms with van der Waals surface area (Å²) >= 11 is 0. The first-order chi connectivity index (χ1) is 5.62. The van der Waals surface area contributed by atoms with Crippen LogP contribution in [-0.4, -0.2) is 5.92 Å². The first-order valence-corrected chi connectivity index (χ1v) is 4.50. The highest BCUT2D eigenvalue weighted by Crippen LogP contribution is 2.15. The lowest BCUT2D eigenvalue weighted by molar-refractivity contribution is 0.0622. The van der Waals surface area contributed by atoms with Crippen molar-refractivity contribution < 1.29 is 8.78 Å². The number of halogens is 2. The Bertz CT molecular complexity index is 140. The molecule has 0 radical (unpaired) electrons. The molecule has 0 aromatic heterocycles. The first kappa shape index (κ1) is 14.0. The van der Waals surface area contributed by atoms with E-state index in [0.29, 0.717) is 6.42 Å². The van der Waals surface area contributed by atoms with Gasteiger partial charge in [-0.1, -0.05) is 33.6 Å². The lowest BCUT2D eigenvalue weighted by Gasteiger charge is -2.02. The maximum atomic E-state index is 12.3. The summed E-state index contributed by atoms with van der Waals surface area (Å²) < 4.78 is 24.6. The van der Waals surface area contributed by atoms with Crippen LogP contribution in [0.15, 0.2) is 0 Å². The second kappa shape index (κ2) is 8.52. The smallest absolute Gasteiger partial charge is 0.192 e. The molecule has 0 spiro atoms. The Morgan fingerprint density at radius 2 is 1.67 bits per heavy atom. The van der Waals surface area contributed by atoms with Crippen molar-refractivity contribution in [1.29, 1.82) is 0 Å². The molecule has 0 saturated heterocycles. The van der Waals surface area contributed by atoms with Crippen LogP contribution < -0.4 is 0 Å². The van der Waals surface area contributed by atoms with E-state index in [0.717, 1.165) is 6.42 Å². The molecule has 0 aliphatic rings. The summed E-state index contributed by atoms with van der Waals surface area (Å²) in [5, 5.41) is 0. The highest BCUT2D eigenvalue weighted by Gasteiger charge is 2.21. The zero-order valence-corrected chi connectivity index (χ0v) is 8.38. The van der Waals surface area contributed by atoms with Crippen LogP contribution in [0.5, 0.6) is 0 Å². The average Bonchev–Trinajstić information content (AvgIpc) is 2.09. The molecule has 0 fully saturated rings. The van der Waals surface area contributed by atoms with Crippen molar-refractivity contribution in [2.24, 2.45) is 0 Å². The van der Waals surface area contributed by atoms with Crippen molar-refractivity contribution in [2.75, 3.05) is 0 Å². The Balaban J connectivity index is 0. The molecule has 72 valence electrons. The molecule has 0 atom stereocenters. The summed E-state index contributed by atoms with van der Waals surface area (Å²) in [6.07, 6.45) is 1.21. The van der Waals surface area contributed by atoms with E-state index < -0.39 is 5.92 Å². The Hall–Kier alpha value is -0.580. The Morgan fingerprint density at radius 1 is 1.17 bits per heavy atom. The van der Waals surface area contributed by atoms with E-state index in [-0.39, 0.29) is 6.42 Å².